The third-order valence-corrected chi connectivity index (χ3v) is 3.09. The minimum absolute atomic E-state index is 0.199. The standard InChI is InChI=1S/C11H19N5O/c1-16-14-11(13-15-16)8-10(17)6-5-9-4-2-3-7-12-9/h9,12H,2-8H2,1H3. The van der Waals surface area contributed by atoms with Crippen LogP contribution in [0, 0.1) is 0 Å². The van der Waals surface area contributed by atoms with Crippen LogP contribution in [0.5, 0.6) is 0 Å². The van der Waals surface area contributed by atoms with Crippen molar-refractivity contribution < 1.29 is 4.79 Å². The van der Waals surface area contributed by atoms with Crippen LogP contribution in [-0.2, 0) is 18.3 Å². The highest BCUT2D eigenvalue weighted by Gasteiger charge is 2.15. The molecule has 1 atom stereocenters. The first kappa shape index (κ1) is 12.2. The molecule has 6 heteroatoms. The lowest BCUT2D eigenvalue weighted by molar-refractivity contribution is -0.118. The van der Waals surface area contributed by atoms with Crippen molar-refractivity contribution in [3.8, 4) is 0 Å². The van der Waals surface area contributed by atoms with Crippen LogP contribution in [0.2, 0.25) is 0 Å². The molecule has 1 N–H and O–H groups in total. The first-order chi connectivity index (χ1) is 8.24. The number of aromatic nitrogens is 4. The Bertz CT molecular complexity index is 370. The molecule has 0 amide bonds. The molecule has 0 saturated carbocycles. The molecular weight excluding hydrogens is 218 g/mol. The van der Waals surface area contributed by atoms with Crippen molar-refractivity contribution in [3.63, 3.8) is 0 Å². The van der Waals surface area contributed by atoms with Gasteiger partial charge in [-0.25, -0.2) is 0 Å². The number of hydrogen-bond donors (Lipinski definition) is 1. The van der Waals surface area contributed by atoms with Gasteiger partial charge in [0, 0.05) is 12.5 Å². The Hall–Kier alpha value is -1.30. The molecule has 1 aliphatic heterocycles. The van der Waals surface area contributed by atoms with Gasteiger partial charge in [0.05, 0.1) is 13.5 Å². The van der Waals surface area contributed by atoms with Gasteiger partial charge in [-0.3, -0.25) is 4.79 Å². The minimum Gasteiger partial charge on any atom is -0.314 e. The van der Waals surface area contributed by atoms with Crippen LogP contribution in [0.1, 0.15) is 37.9 Å². The number of Topliss-reactive ketones (excluding diaryl/α,β-unsaturated/α-hetero) is 1. The second-order valence-corrected chi connectivity index (χ2v) is 4.60. The van der Waals surface area contributed by atoms with Gasteiger partial charge in [0.15, 0.2) is 5.82 Å². The van der Waals surface area contributed by atoms with E-state index in [1.807, 2.05) is 0 Å². The van der Waals surface area contributed by atoms with Crippen LogP contribution in [0.25, 0.3) is 0 Å². The third-order valence-electron chi connectivity index (χ3n) is 3.09. The van der Waals surface area contributed by atoms with Gasteiger partial charge in [0.2, 0.25) is 0 Å². The third kappa shape index (κ3) is 3.89. The smallest absolute Gasteiger partial charge is 0.182 e. The first-order valence-corrected chi connectivity index (χ1v) is 6.22. The molecule has 2 rings (SSSR count). The number of ketones is 1. The molecule has 94 valence electrons. The predicted molar refractivity (Wildman–Crippen MR) is 62.4 cm³/mol. The summed E-state index contributed by atoms with van der Waals surface area (Å²) in [6, 6.07) is 0.516. The number of piperidine rings is 1. The summed E-state index contributed by atoms with van der Waals surface area (Å²) in [5.41, 5.74) is 0. The Morgan fingerprint density at radius 2 is 2.41 bits per heavy atom. The Morgan fingerprint density at radius 1 is 1.53 bits per heavy atom. The first-order valence-electron chi connectivity index (χ1n) is 6.22. The highest BCUT2D eigenvalue weighted by molar-refractivity contribution is 5.80. The summed E-state index contributed by atoms with van der Waals surface area (Å²) in [6.07, 6.45) is 5.57. The minimum atomic E-state index is 0.199. The number of carbonyl (C=O) groups is 1. The summed E-state index contributed by atoms with van der Waals surface area (Å²) in [4.78, 5) is 13.1. The average molecular weight is 237 g/mol. The maximum atomic E-state index is 11.7. The number of hydrogen-bond acceptors (Lipinski definition) is 5. The van der Waals surface area contributed by atoms with Crippen LogP contribution in [0.15, 0.2) is 0 Å². The van der Waals surface area contributed by atoms with Crippen molar-refractivity contribution >= 4 is 5.78 Å². The fourth-order valence-electron chi connectivity index (χ4n) is 2.16. The average Bonchev–Trinajstić information content (AvgIpc) is 2.73. The number of carbonyl (C=O) groups excluding carboxylic acids is 1. The maximum Gasteiger partial charge on any atom is 0.182 e. The van der Waals surface area contributed by atoms with Gasteiger partial charge < -0.3 is 5.32 Å². The topological polar surface area (TPSA) is 72.7 Å². The lowest BCUT2D eigenvalue weighted by Gasteiger charge is -2.22. The molecule has 0 aromatic carbocycles. The summed E-state index contributed by atoms with van der Waals surface area (Å²) in [7, 11) is 1.70. The van der Waals surface area contributed by atoms with Crippen molar-refractivity contribution in [2.75, 3.05) is 6.54 Å². The highest BCUT2D eigenvalue weighted by atomic mass is 16.1. The van der Waals surface area contributed by atoms with Gasteiger partial charge in [-0.05, 0) is 31.0 Å². The Labute approximate surface area is 101 Å². The van der Waals surface area contributed by atoms with E-state index >= 15 is 0 Å². The van der Waals surface area contributed by atoms with Gasteiger partial charge in [-0.1, -0.05) is 6.42 Å². The SMILES string of the molecule is Cn1nnc(CC(=O)CCC2CCCCN2)n1. The monoisotopic (exact) mass is 237 g/mol. The molecule has 17 heavy (non-hydrogen) atoms. The Kier molecular flexibility index (Phi) is 4.19. The summed E-state index contributed by atoms with van der Waals surface area (Å²) >= 11 is 0. The van der Waals surface area contributed by atoms with Crippen LogP contribution in [0.3, 0.4) is 0 Å². The summed E-state index contributed by atoms with van der Waals surface area (Å²) in [6.45, 7) is 1.09. The van der Waals surface area contributed by atoms with Crippen molar-refractivity contribution in [2.45, 2.75) is 44.6 Å². The van der Waals surface area contributed by atoms with E-state index in [9.17, 15) is 4.79 Å². The Balaban J connectivity index is 1.70. The van der Waals surface area contributed by atoms with E-state index in [1.54, 1.807) is 7.05 Å². The van der Waals surface area contributed by atoms with E-state index in [-0.39, 0.29) is 5.78 Å². The normalized spacial score (nSPS) is 20.4. The highest BCUT2D eigenvalue weighted by Crippen LogP contribution is 2.12. The zero-order chi connectivity index (χ0) is 12.1. The molecule has 2 heterocycles. The molecule has 1 unspecified atom stereocenters. The molecule has 0 spiro atoms. The Morgan fingerprint density at radius 3 is 3.06 bits per heavy atom. The molecule has 0 radical (unpaired) electrons. The van der Waals surface area contributed by atoms with E-state index in [0.29, 0.717) is 24.7 Å². The van der Waals surface area contributed by atoms with Gasteiger partial charge >= 0.3 is 0 Å². The van der Waals surface area contributed by atoms with Crippen molar-refractivity contribution in [2.24, 2.45) is 7.05 Å². The number of nitrogens with zero attached hydrogens (tertiary/aromatic N) is 4. The van der Waals surface area contributed by atoms with Gasteiger partial charge in [0.1, 0.15) is 5.78 Å². The van der Waals surface area contributed by atoms with E-state index in [0.717, 1.165) is 13.0 Å². The van der Waals surface area contributed by atoms with Gasteiger partial charge in [-0.2, -0.15) is 4.80 Å². The quantitative estimate of drug-likeness (QED) is 0.794. The van der Waals surface area contributed by atoms with Crippen LogP contribution in [-0.4, -0.2) is 38.6 Å². The van der Waals surface area contributed by atoms with Crippen molar-refractivity contribution in [1.29, 1.82) is 0 Å². The van der Waals surface area contributed by atoms with Crippen LogP contribution in [0.4, 0.5) is 0 Å². The van der Waals surface area contributed by atoms with Crippen LogP contribution < -0.4 is 5.32 Å². The molecule has 0 bridgehead atoms. The van der Waals surface area contributed by atoms with E-state index < -0.39 is 0 Å². The van der Waals surface area contributed by atoms with Crippen molar-refractivity contribution in [3.05, 3.63) is 5.82 Å². The molecule has 6 nitrogen and oxygen atoms in total. The second kappa shape index (κ2) is 5.86. The lowest BCUT2D eigenvalue weighted by atomic mass is 9.99. The molecule has 1 aromatic rings. The largest absolute Gasteiger partial charge is 0.314 e. The fraction of sp³-hybridized carbons (Fsp3) is 0.818. The molecule has 1 fully saturated rings. The molecule has 1 aromatic heterocycles. The molecule has 1 aliphatic rings. The van der Waals surface area contributed by atoms with Gasteiger partial charge in [0.25, 0.3) is 0 Å². The molecule has 1 saturated heterocycles. The number of aryl methyl sites for hydroxylation is 1. The number of tetrazole rings is 1. The molecule has 0 aliphatic carbocycles. The maximum absolute atomic E-state index is 11.7. The van der Waals surface area contributed by atoms with E-state index in [2.05, 4.69) is 20.7 Å². The van der Waals surface area contributed by atoms with E-state index in [1.165, 1.54) is 24.1 Å². The summed E-state index contributed by atoms with van der Waals surface area (Å²) in [5, 5.41) is 15.0. The van der Waals surface area contributed by atoms with E-state index in [4.69, 9.17) is 0 Å². The van der Waals surface area contributed by atoms with Gasteiger partial charge in [-0.15, -0.1) is 10.2 Å². The van der Waals surface area contributed by atoms with Crippen molar-refractivity contribution in [1.82, 2.24) is 25.5 Å². The molecular formula is C11H19N5O. The zero-order valence-corrected chi connectivity index (χ0v) is 10.2. The van der Waals surface area contributed by atoms with Crippen LogP contribution >= 0.6 is 0 Å². The second-order valence-electron chi connectivity index (χ2n) is 4.60. The fourth-order valence-corrected chi connectivity index (χ4v) is 2.16. The lowest BCUT2D eigenvalue weighted by Crippen LogP contribution is -2.34. The summed E-state index contributed by atoms with van der Waals surface area (Å²) in [5.74, 6) is 0.722. The zero-order valence-electron chi connectivity index (χ0n) is 10.2. The number of rotatable bonds is 5. The number of nitrogens with one attached hydrogen (secondary N) is 1. The predicted octanol–water partition coefficient (Wildman–Crippen LogP) is 0.244. The summed E-state index contributed by atoms with van der Waals surface area (Å²) < 4.78 is 0.